The molecule has 0 unspecified atom stereocenters. The minimum Gasteiger partial charge on any atom is -0.508 e. The van der Waals surface area contributed by atoms with E-state index in [1.165, 1.54) is 12.1 Å². The Kier molecular flexibility index (Phi) is 9.35. The summed E-state index contributed by atoms with van der Waals surface area (Å²) in [5, 5.41) is 24.4. The third kappa shape index (κ3) is 8.75. The third-order valence-electron chi connectivity index (χ3n) is 2.65. The van der Waals surface area contributed by atoms with Crippen LogP contribution in [-0.4, -0.2) is 40.8 Å². The average molecular weight is 334 g/mol. The summed E-state index contributed by atoms with van der Waals surface area (Å²) in [7, 11) is 0. The van der Waals surface area contributed by atoms with Gasteiger partial charge in [-0.2, -0.15) is 11.8 Å². The number of thioether (sulfide) groups is 1. The molecule has 0 spiro atoms. The van der Waals surface area contributed by atoms with E-state index in [0.29, 0.717) is 12.2 Å². The van der Waals surface area contributed by atoms with E-state index in [1.807, 2.05) is 30.3 Å². The summed E-state index contributed by atoms with van der Waals surface area (Å²) in [6.45, 7) is 0.949. The van der Waals surface area contributed by atoms with Crippen LogP contribution in [0.2, 0.25) is 0 Å². The number of ether oxygens (including phenoxy) is 1. The molecule has 0 aromatic heterocycles. The number of hydrogen-bond acceptors (Lipinski definition) is 5. The summed E-state index contributed by atoms with van der Waals surface area (Å²) in [5.74, 6) is 2.82. The van der Waals surface area contributed by atoms with E-state index < -0.39 is 0 Å². The van der Waals surface area contributed by atoms with Crippen LogP contribution in [0.1, 0.15) is 5.56 Å². The quantitative estimate of drug-likeness (QED) is 0.354. The fraction of sp³-hybridized carbons (Fsp3) is 0.235. The Balaban J connectivity index is 0.000000238. The monoisotopic (exact) mass is 334 g/mol. The maximum atomic E-state index is 8.83. The molecule has 2 aromatic rings. The zero-order valence-electron chi connectivity index (χ0n) is 12.8. The maximum Gasteiger partial charge on any atom is 0.122 e. The summed E-state index contributed by atoms with van der Waals surface area (Å²) in [6, 6.07) is 15.9. The van der Waals surface area contributed by atoms with E-state index in [9.17, 15) is 0 Å². The van der Waals surface area contributed by atoms with Crippen LogP contribution in [0.25, 0.3) is 0 Å². The highest BCUT2D eigenvalue weighted by Crippen LogP contribution is 2.09. The Morgan fingerprint density at radius 1 is 1.04 bits per heavy atom. The van der Waals surface area contributed by atoms with Crippen molar-refractivity contribution in [1.82, 2.24) is 0 Å². The molecular formula is C17H22N2O3S. The Morgan fingerprint density at radius 3 is 2.26 bits per heavy atom. The van der Waals surface area contributed by atoms with E-state index >= 15 is 0 Å². The predicted molar refractivity (Wildman–Crippen MR) is 95.5 cm³/mol. The highest BCUT2D eigenvalue weighted by atomic mass is 32.2. The van der Waals surface area contributed by atoms with Gasteiger partial charge in [-0.25, -0.2) is 0 Å². The number of benzene rings is 2. The molecule has 2 aromatic carbocycles. The molecule has 124 valence electrons. The van der Waals surface area contributed by atoms with E-state index in [1.54, 1.807) is 23.9 Å². The smallest absolute Gasteiger partial charge is 0.122 e. The van der Waals surface area contributed by atoms with Gasteiger partial charge in [0.2, 0.25) is 0 Å². The van der Waals surface area contributed by atoms with Crippen molar-refractivity contribution in [2.45, 2.75) is 0 Å². The standard InChI is InChI=1S/C10H14O2S.C7H8N2O/c11-6-8-13-9-7-12-10-4-2-1-3-5-10;8-7(9)5-1-3-6(10)4-2-5/h1-5,11H,6-9H2;1-4,10H,(H3,8,9). The second-order valence-corrected chi connectivity index (χ2v) is 5.68. The molecule has 0 amide bonds. The number of phenols is 1. The maximum absolute atomic E-state index is 8.83. The van der Waals surface area contributed by atoms with Crippen LogP contribution < -0.4 is 10.5 Å². The Bertz CT molecular complexity index is 562. The van der Waals surface area contributed by atoms with Gasteiger partial charge < -0.3 is 20.7 Å². The van der Waals surface area contributed by atoms with Gasteiger partial charge in [0, 0.05) is 17.1 Å². The second-order valence-electron chi connectivity index (χ2n) is 4.46. The van der Waals surface area contributed by atoms with E-state index in [2.05, 4.69) is 0 Å². The summed E-state index contributed by atoms with van der Waals surface area (Å²) < 4.78 is 5.45. The van der Waals surface area contributed by atoms with E-state index in [0.717, 1.165) is 17.3 Å². The SMILES string of the molecule is N=C(N)c1ccc(O)cc1.OCCSCCOc1ccccc1. The first-order valence-electron chi connectivity index (χ1n) is 7.13. The van der Waals surface area contributed by atoms with Crippen molar-refractivity contribution in [1.29, 1.82) is 5.41 Å². The number of amidine groups is 1. The number of hydrogen-bond donors (Lipinski definition) is 4. The molecule has 0 aliphatic rings. The fourth-order valence-electron chi connectivity index (χ4n) is 1.54. The molecule has 6 heteroatoms. The van der Waals surface area contributed by atoms with Crippen molar-refractivity contribution in [2.75, 3.05) is 24.7 Å². The summed E-state index contributed by atoms with van der Waals surface area (Å²) in [4.78, 5) is 0. The zero-order chi connectivity index (χ0) is 16.9. The first kappa shape index (κ1) is 18.9. The van der Waals surface area contributed by atoms with Crippen LogP contribution in [0.3, 0.4) is 0 Å². The van der Waals surface area contributed by atoms with Crippen LogP contribution in [0, 0.1) is 5.41 Å². The number of aliphatic hydroxyl groups excluding tert-OH is 1. The van der Waals surface area contributed by atoms with E-state index in [4.69, 9.17) is 26.1 Å². The molecule has 0 saturated carbocycles. The Labute approximate surface area is 140 Å². The minimum absolute atomic E-state index is 0.0139. The summed E-state index contributed by atoms with van der Waals surface area (Å²) >= 11 is 1.70. The van der Waals surface area contributed by atoms with Gasteiger partial charge in [0.15, 0.2) is 0 Å². The summed E-state index contributed by atoms with van der Waals surface area (Å²) in [5.41, 5.74) is 5.79. The topological polar surface area (TPSA) is 99.6 Å². The highest BCUT2D eigenvalue weighted by Gasteiger charge is 1.93. The molecular weight excluding hydrogens is 312 g/mol. The average Bonchev–Trinajstić information content (AvgIpc) is 2.57. The molecule has 2 rings (SSSR count). The van der Waals surface area contributed by atoms with Gasteiger partial charge in [-0.15, -0.1) is 0 Å². The molecule has 0 aliphatic carbocycles. The van der Waals surface area contributed by atoms with Crippen LogP contribution in [0.4, 0.5) is 0 Å². The van der Waals surface area contributed by atoms with Gasteiger partial charge >= 0.3 is 0 Å². The first-order valence-corrected chi connectivity index (χ1v) is 8.29. The van der Waals surface area contributed by atoms with Gasteiger partial charge in [0.1, 0.15) is 17.3 Å². The zero-order valence-corrected chi connectivity index (χ0v) is 13.6. The van der Waals surface area contributed by atoms with Gasteiger partial charge in [-0.3, -0.25) is 5.41 Å². The Hall–Kier alpha value is -2.18. The molecule has 0 aliphatic heterocycles. The second kappa shape index (κ2) is 11.4. The van der Waals surface area contributed by atoms with Crippen molar-refractivity contribution < 1.29 is 14.9 Å². The van der Waals surface area contributed by atoms with Crippen LogP contribution in [0.15, 0.2) is 54.6 Å². The number of aliphatic hydroxyl groups is 1. The van der Waals surface area contributed by atoms with Gasteiger partial charge in [-0.1, -0.05) is 18.2 Å². The van der Waals surface area contributed by atoms with Crippen molar-refractivity contribution in [2.24, 2.45) is 5.73 Å². The highest BCUT2D eigenvalue weighted by molar-refractivity contribution is 7.99. The van der Waals surface area contributed by atoms with Crippen LogP contribution in [-0.2, 0) is 0 Å². The molecule has 5 N–H and O–H groups in total. The lowest BCUT2D eigenvalue weighted by Crippen LogP contribution is -2.10. The molecule has 0 saturated heterocycles. The van der Waals surface area contributed by atoms with Gasteiger partial charge in [0.25, 0.3) is 0 Å². The van der Waals surface area contributed by atoms with Crippen molar-refractivity contribution >= 4 is 17.6 Å². The summed E-state index contributed by atoms with van der Waals surface area (Å²) in [6.07, 6.45) is 0. The molecule has 0 atom stereocenters. The molecule has 23 heavy (non-hydrogen) atoms. The number of aromatic hydroxyl groups is 1. The lowest BCUT2D eigenvalue weighted by atomic mass is 10.2. The third-order valence-corrected chi connectivity index (χ3v) is 3.58. The minimum atomic E-state index is 0.0139. The van der Waals surface area contributed by atoms with Crippen molar-refractivity contribution in [3.63, 3.8) is 0 Å². The normalized spacial score (nSPS) is 9.61. The van der Waals surface area contributed by atoms with Gasteiger partial charge in [-0.05, 0) is 36.4 Å². The predicted octanol–water partition coefficient (Wildman–Crippen LogP) is 2.47. The van der Waals surface area contributed by atoms with Crippen molar-refractivity contribution in [3.8, 4) is 11.5 Å². The fourth-order valence-corrected chi connectivity index (χ4v) is 2.08. The Morgan fingerprint density at radius 2 is 1.70 bits per heavy atom. The number of rotatable bonds is 7. The van der Waals surface area contributed by atoms with Crippen molar-refractivity contribution in [3.05, 3.63) is 60.2 Å². The molecule has 0 fully saturated rings. The number of nitrogens with two attached hydrogens (primary N) is 1. The molecule has 0 heterocycles. The number of nitrogens with one attached hydrogen (secondary N) is 1. The molecule has 5 nitrogen and oxygen atoms in total. The number of nitrogen functional groups attached to an aromatic ring is 1. The van der Waals surface area contributed by atoms with Gasteiger partial charge in [0.05, 0.1) is 13.2 Å². The number of phenolic OH excluding ortho intramolecular Hbond substituents is 1. The molecule has 0 bridgehead atoms. The number of para-hydroxylation sites is 1. The van der Waals surface area contributed by atoms with E-state index in [-0.39, 0.29) is 18.2 Å². The lowest BCUT2D eigenvalue weighted by Gasteiger charge is -2.04. The van der Waals surface area contributed by atoms with Crippen LogP contribution in [0.5, 0.6) is 11.5 Å². The van der Waals surface area contributed by atoms with Crippen LogP contribution >= 0.6 is 11.8 Å². The first-order chi connectivity index (χ1) is 11.1. The largest absolute Gasteiger partial charge is 0.508 e. The lowest BCUT2D eigenvalue weighted by molar-refractivity contribution is 0.321. The molecule has 0 radical (unpaired) electrons.